The second kappa shape index (κ2) is 10.7. The molecule has 5 rings (SSSR count). The summed E-state index contributed by atoms with van der Waals surface area (Å²) >= 11 is 0. The Bertz CT molecular complexity index is 1690. The van der Waals surface area contributed by atoms with Gasteiger partial charge in [0.2, 0.25) is 5.75 Å². The number of rotatable bonds is 8. The molecule has 0 spiro atoms. The highest BCUT2D eigenvalue weighted by atomic mass is 32.2. The van der Waals surface area contributed by atoms with Crippen LogP contribution in [-0.4, -0.2) is 69.0 Å². The molecule has 0 aliphatic carbocycles. The molecule has 0 saturated carbocycles. The fraction of sp³-hybridized carbons (Fsp3) is 0.321. The van der Waals surface area contributed by atoms with E-state index in [1.807, 2.05) is 24.3 Å². The number of benzene rings is 2. The second-order valence-electron chi connectivity index (χ2n) is 9.44. The summed E-state index contributed by atoms with van der Waals surface area (Å²) in [6, 6.07) is 11.9. The number of fused-ring (bicyclic) bond motifs is 1. The van der Waals surface area contributed by atoms with Crippen LogP contribution in [0.5, 0.6) is 23.0 Å². The van der Waals surface area contributed by atoms with Gasteiger partial charge >= 0.3 is 0 Å². The SMILES string of the molecule is COc1cccc(-c2cc(C(=O)Nc3cc(OC)c(OC)c(OC)c3)c3c(C)nn(C4CCS(=O)(=O)C4)c3n2)c1. The molecule has 11 nitrogen and oxygen atoms in total. The first-order valence-electron chi connectivity index (χ1n) is 12.5. The van der Waals surface area contributed by atoms with Crippen molar-refractivity contribution in [2.24, 2.45) is 0 Å². The minimum absolute atomic E-state index is 0.0265. The van der Waals surface area contributed by atoms with E-state index < -0.39 is 15.7 Å². The van der Waals surface area contributed by atoms with E-state index in [9.17, 15) is 13.2 Å². The van der Waals surface area contributed by atoms with Crippen LogP contribution >= 0.6 is 0 Å². The van der Waals surface area contributed by atoms with Gasteiger partial charge in [-0.1, -0.05) is 12.1 Å². The third-order valence-corrected chi connectivity index (χ3v) is 8.67. The Morgan fingerprint density at radius 3 is 2.33 bits per heavy atom. The van der Waals surface area contributed by atoms with Crippen molar-refractivity contribution < 1.29 is 32.2 Å². The number of hydrogen-bond acceptors (Lipinski definition) is 9. The molecule has 1 fully saturated rings. The van der Waals surface area contributed by atoms with Crippen LogP contribution in [0.3, 0.4) is 0 Å². The van der Waals surface area contributed by atoms with Gasteiger partial charge in [0, 0.05) is 23.4 Å². The molecule has 2 aromatic carbocycles. The van der Waals surface area contributed by atoms with Gasteiger partial charge in [-0.2, -0.15) is 5.10 Å². The predicted molar refractivity (Wildman–Crippen MR) is 151 cm³/mol. The first-order valence-corrected chi connectivity index (χ1v) is 14.4. The number of nitrogens with one attached hydrogen (secondary N) is 1. The normalized spacial score (nSPS) is 16.1. The van der Waals surface area contributed by atoms with Gasteiger partial charge in [-0.05, 0) is 31.5 Å². The Morgan fingerprint density at radius 1 is 1.00 bits per heavy atom. The van der Waals surface area contributed by atoms with Crippen LogP contribution in [0.25, 0.3) is 22.3 Å². The molecule has 0 bridgehead atoms. The molecule has 0 radical (unpaired) electrons. The average Bonchev–Trinajstić information content (AvgIpc) is 3.49. The molecule has 1 saturated heterocycles. The van der Waals surface area contributed by atoms with E-state index in [1.54, 1.807) is 36.9 Å². The van der Waals surface area contributed by atoms with Crippen molar-refractivity contribution in [2.45, 2.75) is 19.4 Å². The molecular weight excluding hydrogens is 536 g/mol. The molecule has 2 aromatic heterocycles. The van der Waals surface area contributed by atoms with Crippen LogP contribution in [0.15, 0.2) is 42.5 Å². The summed E-state index contributed by atoms with van der Waals surface area (Å²) in [5.41, 5.74) is 3.02. The number of sulfone groups is 1. The summed E-state index contributed by atoms with van der Waals surface area (Å²) in [7, 11) is 2.89. The summed E-state index contributed by atoms with van der Waals surface area (Å²) in [6.45, 7) is 1.78. The summed E-state index contributed by atoms with van der Waals surface area (Å²) in [4.78, 5) is 18.7. The number of nitrogens with zero attached hydrogens (tertiary/aromatic N) is 3. The fourth-order valence-electron chi connectivity index (χ4n) is 5.00. The number of methoxy groups -OCH3 is 4. The fourth-order valence-corrected chi connectivity index (χ4v) is 6.69. The highest BCUT2D eigenvalue weighted by Crippen LogP contribution is 2.40. The Kier molecular flexibility index (Phi) is 7.28. The Labute approximate surface area is 231 Å². The lowest BCUT2D eigenvalue weighted by atomic mass is 10.0. The summed E-state index contributed by atoms with van der Waals surface area (Å²) in [6.07, 6.45) is 0.427. The monoisotopic (exact) mass is 566 g/mol. The molecule has 40 heavy (non-hydrogen) atoms. The number of aromatic nitrogens is 3. The number of anilines is 1. The van der Waals surface area contributed by atoms with Gasteiger partial charge in [-0.15, -0.1) is 0 Å². The zero-order valence-corrected chi connectivity index (χ0v) is 23.7. The number of pyridine rings is 1. The van der Waals surface area contributed by atoms with Crippen molar-refractivity contribution in [3.63, 3.8) is 0 Å². The van der Waals surface area contributed by atoms with Crippen LogP contribution in [0.1, 0.15) is 28.5 Å². The van der Waals surface area contributed by atoms with E-state index in [-0.39, 0.29) is 17.5 Å². The standard InChI is InChI=1S/C28H30N4O7S/c1-16-25-21(28(33)29-18-12-23(37-3)26(39-5)24(13-18)38-4)14-22(17-7-6-8-20(11-17)36-2)30-27(25)32(31-16)19-9-10-40(34,35)15-19/h6-8,11-14,19H,9-10,15H2,1-5H3,(H,29,33). The number of amides is 1. The van der Waals surface area contributed by atoms with Gasteiger partial charge in [-0.3, -0.25) is 4.79 Å². The zero-order valence-electron chi connectivity index (χ0n) is 22.8. The molecule has 12 heteroatoms. The maximum absolute atomic E-state index is 13.9. The van der Waals surface area contributed by atoms with Crippen molar-refractivity contribution in [1.29, 1.82) is 0 Å². The topological polar surface area (TPSA) is 131 Å². The lowest BCUT2D eigenvalue weighted by Crippen LogP contribution is -2.15. The van der Waals surface area contributed by atoms with E-state index in [0.717, 1.165) is 5.56 Å². The minimum atomic E-state index is -3.18. The zero-order chi connectivity index (χ0) is 28.6. The minimum Gasteiger partial charge on any atom is -0.497 e. The highest BCUT2D eigenvalue weighted by molar-refractivity contribution is 7.91. The van der Waals surface area contributed by atoms with E-state index >= 15 is 0 Å². The molecule has 1 aliphatic heterocycles. The average molecular weight is 567 g/mol. The summed E-state index contributed by atoms with van der Waals surface area (Å²) < 4.78 is 47.8. The van der Waals surface area contributed by atoms with Gasteiger partial charge in [-0.25, -0.2) is 18.1 Å². The van der Waals surface area contributed by atoms with Gasteiger partial charge in [0.15, 0.2) is 27.0 Å². The number of carbonyl (C=O) groups is 1. The number of carbonyl (C=O) groups excluding carboxylic acids is 1. The van der Waals surface area contributed by atoms with Crippen molar-refractivity contribution in [2.75, 3.05) is 45.3 Å². The quantitative estimate of drug-likeness (QED) is 0.336. The smallest absolute Gasteiger partial charge is 0.256 e. The van der Waals surface area contributed by atoms with E-state index in [1.165, 1.54) is 21.3 Å². The highest BCUT2D eigenvalue weighted by Gasteiger charge is 2.32. The van der Waals surface area contributed by atoms with E-state index in [4.69, 9.17) is 23.9 Å². The lowest BCUT2D eigenvalue weighted by Gasteiger charge is -2.15. The van der Waals surface area contributed by atoms with Crippen molar-refractivity contribution in [3.05, 3.63) is 53.7 Å². The lowest BCUT2D eigenvalue weighted by molar-refractivity contribution is 0.102. The summed E-state index contributed by atoms with van der Waals surface area (Å²) in [5, 5.41) is 8.14. The first-order chi connectivity index (χ1) is 19.2. The number of aryl methyl sites for hydroxylation is 1. The van der Waals surface area contributed by atoms with Gasteiger partial charge < -0.3 is 24.3 Å². The van der Waals surface area contributed by atoms with Crippen LogP contribution in [-0.2, 0) is 9.84 Å². The van der Waals surface area contributed by atoms with Crippen LogP contribution in [0.4, 0.5) is 5.69 Å². The molecule has 1 atom stereocenters. The van der Waals surface area contributed by atoms with Gasteiger partial charge in [0.25, 0.3) is 5.91 Å². The van der Waals surface area contributed by atoms with E-state index in [0.29, 0.717) is 63.1 Å². The Morgan fingerprint density at radius 2 is 1.73 bits per heavy atom. The molecule has 3 heterocycles. The Balaban J connectivity index is 1.66. The van der Waals surface area contributed by atoms with Crippen molar-refractivity contribution in [1.82, 2.24) is 14.8 Å². The first kappa shape index (κ1) is 27.3. The molecule has 4 aromatic rings. The van der Waals surface area contributed by atoms with Crippen LogP contribution in [0, 0.1) is 6.92 Å². The predicted octanol–water partition coefficient (Wildman–Crippen LogP) is 4.05. The van der Waals surface area contributed by atoms with Crippen LogP contribution < -0.4 is 24.3 Å². The third kappa shape index (κ3) is 5.02. The molecule has 210 valence electrons. The second-order valence-corrected chi connectivity index (χ2v) is 11.7. The molecule has 1 amide bonds. The van der Waals surface area contributed by atoms with Gasteiger partial charge in [0.1, 0.15) is 5.75 Å². The summed E-state index contributed by atoms with van der Waals surface area (Å²) in [5.74, 6) is 1.46. The van der Waals surface area contributed by atoms with E-state index in [2.05, 4.69) is 10.4 Å². The van der Waals surface area contributed by atoms with Crippen molar-refractivity contribution in [3.8, 4) is 34.3 Å². The molecule has 1 aliphatic rings. The third-order valence-electron chi connectivity index (χ3n) is 6.92. The number of hydrogen-bond donors (Lipinski definition) is 1. The molecular formula is C28H30N4O7S. The number of ether oxygens (including phenoxy) is 4. The largest absolute Gasteiger partial charge is 0.497 e. The van der Waals surface area contributed by atoms with Crippen molar-refractivity contribution >= 4 is 32.5 Å². The van der Waals surface area contributed by atoms with Gasteiger partial charge in [0.05, 0.1) is 68.3 Å². The molecule has 1 unspecified atom stereocenters. The van der Waals surface area contributed by atoms with Crippen LogP contribution in [0.2, 0.25) is 0 Å². The Hall–Kier alpha value is -4.32. The maximum atomic E-state index is 13.9. The molecule has 1 N–H and O–H groups in total. The maximum Gasteiger partial charge on any atom is 0.256 e.